The van der Waals surface area contributed by atoms with E-state index in [9.17, 15) is 18.0 Å². The summed E-state index contributed by atoms with van der Waals surface area (Å²) in [6, 6.07) is 10.0. The smallest absolute Gasteiger partial charge is 0.471 e. The number of amides is 1. The van der Waals surface area contributed by atoms with Gasteiger partial charge in [0.2, 0.25) is 0 Å². The molecule has 0 atom stereocenters. The number of nitrogens with one attached hydrogen (secondary N) is 1. The van der Waals surface area contributed by atoms with E-state index in [0.29, 0.717) is 16.6 Å². The van der Waals surface area contributed by atoms with Crippen molar-refractivity contribution < 1.29 is 27.1 Å². The molecule has 7 heteroatoms. The van der Waals surface area contributed by atoms with E-state index >= 15 is 0 Å². The topological polar surface area (TPSA) is 51.5 Å². The first-order valence-corrected chi connectivity index (χ1v) is 6.27. The minimum atomic E-state index is -4.98. The number of para-hydroxylation sites is 1. The number of fused-ring (bicyclic) bond motifs is 3. The molecule has 1 N–H and O–H groups in total. The summed E-state index contributed by atoms with van der Waals surface area (Å²) in [5, 5.41) is 3.29. The van der Waals surface area contributed by atoms with Crippen LogP contribution >= 0.6 is 0 Å². The largest absolute Gasteiger partial charge is 0.495 e. The molecule has 22 heavy (non-hydrogen) atoms. The van der Waals surface area contributed by atoms with Crippen molar-refractivity contribution in [2.75, 3.05) is 12.4 Å². The summed E-state index contributed by atoms with van der Waals surface area (Å²) >= 11 is 0. The van der Waals surface area contributed by atoms with Crippen molar-refractivity contribution in [3.05, 3.63) is 36.4 Å². The zero-order chi connectivity index (χ0) is 15.9. The van der Waals surface area contributed by atoms with Crippen molar-refractivity contribution in [2.45, 2.75) is 6.18 Å². The lowest BCUT2D eigenvalue weighted by atomic mass is 10.1. The van der Waals surface area contributed by atoms with Gasteiger partial charge in [0.1, 0.15) is 16.9 Å². The lowest BCUT2D eigenvalue weighted by Crippen LogP contribution is -2.30. The highest BCUT2D eigenvalue weighted by atomic mass is 19.4. The molecular weight excluding hydrogens is 299 g/mol. The first kappa shape index (κ1) is 14.2. The molecule has 1 heterocycles. The predicted molar refractivity (Wildman–Crippen MR) is 75.0 cm³/mol. The maximum Gasteiger partial charge on any atom is 0.471 e. The van der Waals surface area contributed by atoms with Gasteiger partial charge in [0, 0.05) is 16.8 Å². The van der Waals surface area contributed by atoms with E-state index in [1.54, 1.807) is 17.4 Å². The number of carbonyl (C=O) groups excluding carboxylic acids is 1. The second kappa shape index (κ2) is 4.94. The SMILES string of the molecule is COc1cc2c(cc1NC(=O)C(F)(F)F)oc1ccccc12. The van der Waals surface area contributed by atoms with Crippen LogP contribution in [0.1, 0.15) is 0 Å². The highest BCUT2D eigenvalue weighted by Crippen LogP contribution is 2.36. The van der Waals surface area contributed by atoms with Crippen molar-refractivity contribution in [2.24, 2.45) is 0 Å². The van der Waals surface area contributed by atoms with Gasteiger partial charge in [-0.3, -0.25) is 4.79 Å². The summed E-state index contributed by atoms with van der Waals surface area (Å²) in [4.78, 5) is 11.1. The Hall–Kier alpha value is -2.70. The summed E-state index contributed by atoms with van der Waals surface area (Å²) in [5.41, 5.74) is 0.856. The molecule has 114 valence electrons. The Labute approximate surface area is 122 Å². The molecule has 3 rings (SSSR count). The fourth-order valence-electron chi connectivity index (χ4n) is 2.21. The van der Waals surface area contributed by atoms with Crippen LogP contribution in [-0.4, -0.2) is 19.2 Å². The molecule has 0 unspecified atom stereocenters. The standard InChI is InChI=1S/C15H10F3NO3/c1-21-13-6-9-8-4-2-3-5-11(8)22-12(9)7-10(13)19-14(20)15(16,17)18/h2-7H,1H3,(H,19,20). The highest BCUT2D eigenvalue weighted by molar-refractivity contribution is 6.08. The van der Waals surface area contributed by atoms with Crippen LogP contribution in [0.15, 0.2) is 40.8 Å². The third-order valence-electron chi connectivity index (χ3n) is 3.20. The van der Waals surface area contributed by atoms with E-state index in [4.69, 9.17) is 9.15 Å². The van der Waals surface area contributed by atoms with Crippen LogP contribution in [0.2, 0.25) is 0 Å². The Balaban J connectivity index is 2.14. The first-order valence-electron chi connectivity index (χ1n) is 6.27. The van der Waals surface area contributed by atoms with Crippen molar-refractivity contribution in [1.29, 1.82) is 0 Å². The van der Waals surface area contributed by atoms with E-state index in [1.165, 1.54) is 19.2 Å². The Morgan fingerprint density at radius 2 is 1.86 bits per heavy atom. The van der Waals surface area contributed by atoms with Crippen LogP contribution in [-0.2, 0) is 4.79 Å². The third-order valence-corrected chi connectivity index (χ3v) is 3.20. The fourth-order valence-corrected chi connectivity index (χ4v) is 2.21. The number of furan rings is 1. The Kier molecular flexibility index (Phi) is 3.20. The molecule has 1 amide bonds. The van der Waals surface area contributed by atoms with Gasteiger partial charge in [0.25, 0.3) is 0 Å². The van der Waals surface area contributed by atoms with Crippen LogP contribution in [0.3, 0.4) is 0 Å². The predicted octanol–water partition coefficient (Wildman–Crippen LogP) is 4.10. The molecule has 0 bridgehead atoms. The Morgan fingerprint density at radius 1 is 1.14 bits per heavy atom. The zero-order valence-electron chi connectivity index (χ0n) is 11.3. The van der Waals surface area contributed by atoms with E-state index in [-0.39, 0.29) is 11.4 Å². The number of benzene rings is 2. The zero-order valence-corrected chi connectivity index (χ0v) is 11.3. The lowest BCUT2D eigenvalue weighted by Gasteiger charge is -2.11. The number of anilines is 1. The number of ether oxygens (including phenoxy) is 1. The van der Waals surface area contributed by atoms with Crippen molar-refractivity contribution in [1.82, 2.24) is 0 Å². The van der Waals surface area contributed by atoms with E-state index in [0.717, 1.165) is 5.39 Å². The van der Waals surface area contributed by atoms with Crippen molar-refractivity contribution in [3.63, 3.8) is 0 Å². The summed E-state index contributed by atoms with van der Waals surface area (Å²) in [7, 11) is 1.31. The summed E-state index contributed by atoms with van der Waals surface area (Å²) in [6.45, 7) is 0. The minimum absolute atomic E-state index is 0.101. The molecule has 0 saturated heterocycles. The molecule has 0 spiro atoms. The molecule has 0 radical (unpaired) electrons. The van der Waals surface area contributed by atoms with E-state index in [2.05, 4.69) is 0 Å². The van der Waals surface area contributed by atoms with Crippen LogP contribution in [0.25, 0.3) is 21.9 Å². The van der Waals surface area contributed by atoms with Crippen molar-refractivity contribution >= 4 is 33.5 Å². The van der Waals surface area contributed by atoms with Gasteiger partial charge in [0.15, 0.2) is 0 Å². The summed E-state index contributed by atoms with van der Waals surface area (Å²) in [6.07, 6.45) is -4.98. The molecule has 0 fully saturated rings. The number of carbonyl (C=O) groups is 1. The van der Waals surface area contributed by atoms with Gasteiger partial charge in [-0.1, -0.05) is 18.2 Å². The third kappa shape index (κ3) is 2.34. The molecule has 4 nitrogen and oxygen atoms in total. The average molecular weight is 309 g/mol. The van der Waals surface area contributed by atoms with Gasteiger partial charge in [-0.25, -0.2) is 0 Å². The van der Waals surface area contributed by atoms with Crippen LogP contribution in [0.5, 0.6) is 5.75 Å². The van der Waals surface area contributed by atoms with Gasteiger partial charge in [-0.05, 0) is 12.1 Å². The number of hydrogen-bond donors (Lipinski definition) is 1. The average Bonchev–Trinajstić information content (AvgIpc) is 2.82. The number of rotatable bonds is 2. The molecule has 2 aromatic carbocycles. The Bertz CT molecular complexity index is 867. The number of methoxy groups -OCH3 is 1. The van der Waals surface area contributed by atoms with Gasteiger partial charge in [-0.2, -0.15) is 13.2 Å². The van der Waals surface area contributed by atoms with Crippen LogP contribution in [0, 0.1) is 0 Å². The van der Waals surface area contributed by atoms with Crippen LogP contribution in [0.4, 0.5) is 18.9 Å². The van der Waals surface area contributed by atoms with Gasteiger partial charge >= 0.3 is 12.1 Å². The highest BCUT2D eigenvalue weighted by Gasteiger charge is 2.39. The van der Waals surface area contributed by atoms with E-state index in [1.807, 2.05) is 12.1 Å². The van der Waals surface area contributed by atoms with Crippen LogP contribution < -0.4 is 10.1 Å². The van der Waals surface area contributed by atoms with Gasteiger partial charge in [0.05, 0.1) is 12.8 Å². The summed E-state index contributed by atoms with van der Waals surface area (Å²) in [5.74, 6) is -1.95. The normalized spacial score (nSPS) is 11.8. The minimum Gasteiger partial charge on any atom is -0.495 e. The van der Waals surface area contributed by atoms with Gasteiger partial charge in [-0.15, -0.1) is 0 Å². The number of hydrogen-bond acceptors (Lipinski definition) is 3. The van der Waals surface area contributed by atoms with Crippen molar-refractivity contribution in [3.8, 4) is 5.75 Å². The number of alkyl halides is 3. The second-order valence-corrected chi connectivity index (χ2v) is 4.60. The molecule has 0 aliphatic rings. The lowest BCUT2D eigenvalue weighted by molar-refractivity contribution is -0.167. The van der Waals surface area contributed by atoms with Gasteiger partial charge < -0.3 is 14.5 Å². The quantitative estimate of drug-likeness (QED) is 0.775. The van der Waals surface area contributed by atoms with E-state index < -0.39 is 12.1 Å². The number of halogens is 3. The summed E-state index contributed by atoms with van der Waals surface area (Å²) < 4.78 is 47.8. The monoisotopic (exact) mass is 309 g/mol. The molecule has 0 saturated carbocycles. The maximum atomic E-state index is 12.4. The molecular formula is C15H10F3NO3. The molecule has 0 aliphatic heterocycles. The molecule has 0 aliphatic carbocycles. The Morgan fingerprint density at radius 3 is 2.55 bits per heavy atom. The maximum absolute atomic E-state index is 12.4. The fraction of sp³-hybridized carbons (Fsp3) is 0.133. The second-order valence-electron chi connectivity index (χ2n) is 4.60. The molecule has 3 aromatic rings. The first-order chi connectivity index (χ1) is 10.4. The molecule has 1 aromatic heterocycles.